The molecule has 2 amide bonds. The molecule has 0 atom stereocenters. The first kappa shape index (κ1) is 12.2. The molecule has 0 fully saturated rings. The van der Waals surface area contributed by atoms with Gasteiger partial charge < -0.3 is 16.4 Å². The van der Waals surface area contributed by atoms with Gasteiger partial charge in [0.25, 0.3) is 5.91 Å². The van der Waals surface area contributed by atoms with Gasteiger partial charge >= 0.3 is 0 Å². The smallest absolute Gasteiger partial charge is 0.256 e. The quantitative estimate of drug-likeness (QED) is 0.767. The van der Waals surface area contributed by atoms with Gasteiger partial charge in [0.15, 0.2) is 0 Å². The van der Waals surface area contributed by atoms with Gasteiger partial charge in [0, 0.05) is 11.3 Å². The fraction of sp³-hybridized carbons (Fsp3) is 0.0714. The minimum absolute atomic E-state index is 0.0576. The number of fused-ring (bicyclic) bond motifs is 1. The number of nitrogen functional groups attached to an aromatic ring is 1. The molecule has 0 aliphatic carbocycles. The molecule has 100 valence electrons. The Labute approximate surface area is 115 Å². The number of carbonyl (C=O) groups is 2. The van der Waals surface area contributed by atoms with Crippen molar-refractivity contribution in [3.05, 3.63) is 47.7 Å². The highest BCUT2D eigenvalue weighted by atomic mass is 16.2. The maximum Gasteiger partial charge on any atom is 0.256 e. The normalized spacial score (nSPS) is 12.7. The molecule has 0 spiro atoms. The van der Waals surface area contributed by atoms with Crippen LogP contribution in [-0.4, -0.2) is 16.8 Å². The molecule has 0 saturated heterocycles. The summed E-state index contributed by atoms with van der Waals surface area (Å²) in [6, 6.07) is 8.39. The summed E-state index contributed by atoms with van der Waals surface area (Å²) in [6.45, 7) is 0. The molecule has 2 aromatic rings. The zero-order valence-electron chi connectivity index (χ0n) is 10.5. The summed E-state index contributed by atoms with van der Waals surface area (Å²) in [7, 11) is 0. The fourth-order valence-corrected chi connectivity index (χ4v) is 2.04. The van der Waals surface area contributed by atoms with Gasteiger partial charge in [0.05, 0.1) is 18.3 Å². The minimum atomic E-state index is -0.274. The molecule has 6 nitrogen and oxygen atoms in total. The van der Waals surface area contributed by atoms with Crippen LogP contribution in [-0.2, 0) is 11.2 Å². The first-order valence-corrected chi connectivity index (χ1v) is 6.07. The molecule has 4 N–H and O–H groups in total. The van der Waals surface area contributed by atoms with Gasteiger partial charge in [-0.25, -0.2) is 4.98 Å². The van der Waals surface area contributed by atoms with Crippen molar-refractivity contribution in [2.24, 2.45) is 0 Å². The highest BCUT2D eigenvalue weighted by Crippen LogP contribution is 2.24. The van der Waals surface area contributed by atoms with E-state index < -0.39 is 0 Å². The van der Waals surface area contributed by atoms with E-state index in [0.717, 1.165) is 11.3 Å². The summed E-state index contributed by atoms with van der Waals surface area (Å²) in [4.78, 5) is 27.4. The monoisotopic (exact) mass is 268 g/mol. The summed E-state index contributed by atoms with van der Waals surface area (Å²) in [5.41, 5.74) is 8.13. The maximum absolute atomic E-state index is 12.1. The molecule has 2 heterocycles. The molecular weight excluding hydrogens is 256 g/mol. The number of aromatic nitrogens is 1. The number of hydrogen-bond acceptors (Lipinski definition) is 4. The molecule has 0 bridgehead atoms. The number of benzene rings is 1. The SMILES string of the molecule is Nc1ccc(NC(=O)c2ccc3c(c2)CC(=O)N3)nc1. The first-order chi connectivity index (χ1) is 9.61. The molecule has 3 rings (SSSR count). The van der Waals surface area contributed by atoms with Crippen molar-refractivity contribution in [3.8, 4) is 0 Å². The number of nitrogens with zero attached hydrogens (tertiary/aromatic N) is 1. The molecule has 20 heavy (non-hydrogen) atoms. The van der Waals surface area contributed by atoms with Gasteiger partial charge in [0.1, 0.15) is 5.82 Å². The molecule has 0 radical (unpaired) electrons. The molecule has 1 aromatic carbocycles. The topological polar surface area (TPSA) is 97.1 Å². The third-order valence-corrected chi connectivity index (χ3v) is 3.02. The first-order valence-electron chi connectivity index (χ1n) is 6.07. The lowest BCUT2D eigenvalue weighted by Crippen LogP contribution is -2.13. The van der Waals surface area contributed by atoms with E-state index in [1.54, 1.807) is 30.3 Å². The highest BCUT2D eigenvalue weighted by Gasteiger charge is 2.19. The Hall–Kier alpha value is -2.89. The van der Waals surface area contributed by atoms with Crippen LogP contribution < -0.4 is 16.4 Å². The average Bonchev–Trinajstić information content (AvgIpc) is 2.80. The lowest BCUT2D eigenvalue weighted by Gasteiger charge is -2.06. The van der Waals surface area contributed by atoms with Crippen LogP contribution in [0.1, 0.15) is 15.9 Å². The summed E-state index contributed by atoms with van der Waals surface area (Å²) in [5.74, 6) is 0.0982. The Morgan fingerprint density at radius 1 is 1.30 bits per heavy atom. The van der Waals surface area contributed by atoms with E-state index in [0.29, 0.717) is 23.5 Å². The van der Waals surface area contributed by atoms with Crippen LogP contribution in [0.4, 0.5) is 17.2 Å². The molecule has 0 saturated carbocycles. The van der Waals surface area contributed by atoms with Gasteiger partial charge in [0.2, 0.25) is 5.91 Å². The van der Waals surface area contributed by atoms with Crippen LogP contribution >= 0.6 is 0 Å². The van der Waals surface area contributed by atoms with E-state index >= 15 is 0 Å². The van der Waals surface area contributed by atoms with Crippen molar-refractivity contribution in [3.63, 3.8) is 0 Å². The number of anilines is 3. The van der Waals surface area contributed by atoms with Crippen molar-refractivity contribution in [1.29, 1.82) is 0 Å². The predicted molar refractivity (Wildman–Crippen MR) is 75.4 cm³/mol. The van der Waals surface area contributed by atoms with Crippen LogP contribution in [0.5, 0.6) is 0 Å². The van der Waals surface area contributed by atoms with E-state index in [1.165, 1.54) is 6.20 Å². The number of amides is 2. The van der Waals surface area contributed by atoms with E-state index in [-0.39, 0.29) is 11.8 Å². The zero-order chi connectivity index (χ0) is 14.1. The second-order valence-electron chi connectivity index (χ2n) is 4.53. The Kier molecular flexibility index (Phi) is 2.83. The van der Waals surface area contributed by atoms with Crippen molar-refractivity contribution in [2.45, 2.75) is 6.42 Å². The summed E-state index contributed by atoms with van der Waals surface area (Å²) in [6.07, 6.45) is 1.78. The Morgan fingerprint density at radius 3 is 2.90 bits per heavy atom. The summed E-state index contributed by atoms with van der Waals surface area (Å²) in [5, 5.41) is 5.40. The second-order valence-corrected chi connectivity index (χ2v) is 4.53. The van der Waals surface area contributed by atoms with Crippen LogP contribution in [0.25, 0.3) is 0 Å². The van der Waals surface area contributed by atoms with Crippen LogP contribution in [0, 0.1) is 0 Å². The Bertz CT molecular complexity index is 695. The largest absolute Gasteiger partial charge is 0.397 e. The second kappa shape index (κ2) is 4.65. The van der Waals surface area contributed by atoms with E-state index in [4.69, 9.17) is 5.73 Å². The number of hydrogen-bond donors (Lipinski definition) is 3. The standard InChI is InChI=1S/C14H12N4O2/c15-10-2-4-12(16-7-10)18-14(20)8-1-3-11-9(5-8)6-13(19)17-11/h1-5,7H,6,15H2,(H,17,19)(H,16,18,20). The van der Waals surface area contributed by atoms with Crippen LogP contribution in [0.15, 0.2) is 36.5 Å². The lowest BCUT2D eigenvalue weighted by atomic mass is 10.1. The summed E-state index contributed by atoms with van der Waals surface area (Å²) >= 11 is 0. The molecule has 6 heteroatoms. The van der Waals surface area contributed by atoms with Crippen molar-refractivity contribution < 1.29 is 9.59 Å². The molecule has 0 unspecified atom stereocenters. The zero-order valence-corrected chi connectivity index (χ0v) is 10.5. The number of nitrogens with two attached hydrogens (primary N) is 1. The fourth-order valence-electron chi connectivity index (χ4n) is 2.04. The van der Waals surface area contributed by atoms with Crippen LogP contribution in [0.3, 0.4) is 0 Å². The van der Waals surface area contributed by atoms with Crippen LogP contribution in [0.2, 0.25) is 0 Å². The Morgan fingerprint density at radius 2 is 2.15 bits per heavy atom. The van der Waals surface area contributed by atoms with Gasteiger partial charge in [-0.05, 0) is 35.9 Å². The van der Waals surface area contributed by atoms with E-state index in [1.807, 2.05) is 0 Å². The molecule has 1 aliphatic heterocycles. The number of carbonyl (C=O) groups excluding carboxylic acids is 2. The average molecular weight is 268 g/mol. The van der Waals surface area contributed by atoms with E-state index in [9.17, 15) is 9.59 Å². The lowest BCUT2D eigenvalue weighted by molar-refractivity contribution is -0.115. The number of rotatable bonds is 2. The number of pyridine rings is 1. The minimum Gasteiger partial charge on any atom is -0.397 e. The molecular formula is C14H12N4O2. The predicted octanol–water partition coefficient (Wildman–Crippen LogP) is 1.41. The molecule has 1 aliphatic rings. The Balaban J connectivity index is 1.79. The maximum atomic E-state index is 12.1. The van der Waals surface area contributed by atoms with Gasteiger partial charge in [-0.2, -0.15) is 0 Å². The van der Waals surface area contributed by atoms with Gasteiger partial charge in [-0.3, -0.25) is 9.59 Å². The third kappa shape index (κ3) is 2.31. The van der Waals surface area contributed by atoms with Gasteiger partial charge in [-0.1, -0.05) is 0 Å². The summed E-state index contributed by atoms with van der Waals surface area (Å²) < 4.78 is 0. The van der Waals surface area contributed by atoms with Crippen molar-refractivity contribution in [2.75, 3.05) is 16.4 Å². The third-order valence-electron chi connectivity index (χ3n) is 3.02. The van der Waals surface area contributed by atoms with Gasteiger partial charge in [-0.15, -0.1) is 0 Å². The van der Waals surface area contributed by atoms with Crippen molar-refractivity contribution in [1.82, 2.24) is 4.98 Å². The van der Waals surface area contributed by atoms with E-state index in [2.05, 4.69) is 15.6 Å². The highest BCUT2D eigenvalue weighted by molar-refractivity contribution is 6.06. The van der Waals surface area contributed by atoms with Crippen molar-refractivity contribution >= 4 is 29.0 Å². The molecule has 1 aromatic heterocycles. The number of nitrogens with one attached hydrogen (secondary N) is 2.